The van der Waals surface area contributed by atoms with Gasteiger partial charge in [0, 0.05) is 9.13 Å². The topological polar surface area (TPSA) is 152 Å². The second-order valence-electron chi connectivity index (χ2n) is 0.587. The largest absolute Gasteiger partial charge is 0.692 e. The Labute approximate surface area is 64.3 Å². The fraction of sp³-hybridized carbons (Fsp3) is 0. The van der Waals surface area contributed by atoms with E-state index in [1.165, 1.54) is 0 Å². The third-order valence-corrected chi connectivity index (χ3v) is 0. The van der Waals surface area contributed by atoms with Crippen molar-refractivity contribution in [1.29, 1.82) is 0 Å². The Morgan fingerprint density at radius 2 is 0.909 bits per heavy atom. The summed E-state index contributed by atoms with van der Waals surface area (Å²) in [6, 6.07) is 0. The summed E-state index contributed by atoms with van der Waals surface area (Å²) in [4.78, 5) is 35.5. The van der Waals surface area contributed by atoms with Gasteiger partial charge in [-0.2, -0.15) is 0 Å². The van der Waals surface area contributed by atoms with Crippen LogP contribution in [-0.4, -0.2) is 24.5 Å². The first kappa shape index (κ1) is 17.3. The Morgan fingerprint density at radius 3 is 0.909 bits per heavy atom. The van der Waals surface area contributed by atoms with Crippen molar-refractivity contribution in [2.75, 3.05) is 0 Å². The van der Waals surface area contributed by atoms with E-state index in [2.05, 4.69) is 0 Å². The van der Waals surface area contributed by atoms with Crippen molar-refractivity contribution < 1.29 is 38.2 Å². The second kappa shape index (κ2) is 16.6. The molecular formula is H5O8P3+2. The van der Waals surface area contributed by atoms with Crippen LogP contribution in [0.2, 0.25) is 0 Å². The molecule has 0 aliphatic rings. The van der Waals surface area contributed by atoms with Gasteiger partial charge in [0.05, 0.1) is 0 Å². The molecule has 8 nitrogen and oxygen atoms in total. The quantitative estimate of drug-likeness (QED) is 0.344. The molecule has 0 unspecified atom stereocenters. The van der Waals surface area contributed by atoms with Gasteiger partial charge in [-0.25, -0.2) is 4.57 Å². The van der Waals surface area contributed by atoms with Gasteiger partial charge in [-0.1, -0.05) is 0 Å². The van der Waals surface area contributed by atoms with Gasteiger partial charge < -0.3 is 4.89 Å². The molecule has 0 radical (unpaired) electrons. The fourth-order valence-electron chi connectivity index (χ4n) is 0. The second-order valence-corrected chi connectivity index (χ2v) is 1.76. The summed E-state index contributed by atoms with van der Waals surface area (Å²) in [6.45, 7) is 0. The van der Waals surface area contributed by atoms with Crippen molar-refractivity contribution in [1.82, 2.24) is 0 Å². The molecule has 0 fully saturated rings. The van der Waals surface area contributed by atoms with E-state index in [4.69, 9.17) is 38.2 Å². The Morgan fingerprint density at radius 1 is 0.909 bits per heavy atom. The van der Waals surface area contributed by atoms with Crippen LogP contribution in [0.25, 0.3) is 0 Å². The van der Waals surface area contributed by atoms with Crippen molar-refractivity contribution in [2.45, 2.75) is 0 Å². The van der Waals surface area contributed by atoms with E-state index in [1.54, 1.807) is 0 Å². The zero-order chi connectivity index (χ0) is 9.86. The van der Waals surface area contributed by atoms with Crippen LogP contribution >= 0.6 is 25.2 Å². The minimum Gasteiger partial charge on any atom is -0.310 e. The number of hydrogen-bond donors (Lipinski definition) is 5. The first-order chi connectivity index (χ1) is 4.88. The molecule has 0 saturated heterocycles. The zero-order valence-electron chi connectivity index (χ0n) is 4.80. The van der Waals surface area contributed by atoms with Crippen molar-refractivity contribution in [3.63, 3.8) is 0 Å². The van der Waals surface area contributed by atoms with Crippen molar-refractivity contribution >= 4 is 25.2 Å². The smallest absolute Gasteiger partial charge is 0.310 e. The lowest BCUT2D eigenvalue weighted by molar-refractivity contribution is 0.403. The molecule has 5 N–H and O–H groups in total. The number of rotatable bonds is 0. The fourth-order valence-corrected chi connectivity index (χ4v) is 0. The third kappa shape index (κ3) is 66300. The summed E-state index contributed by atoms with van der Waals surface area (Å²) in [5.74, 6) is 0. The Bertz CT molecular complexity index is 96.5. The van der Waals surface area contributed by atoms with E-state index in [9.17, 15) is 0 Å². The van der Waals surface area contributed by atoms with Crippen molar-refractivity contribution in [3.05, 3.63) is 0 Å². The van der Waals surface area contributed by atoms with E-state index in [0.29, 0.717) is 0 Å². The molecule has 11 heteroatoms. The molecular weight excluding hydrogens is 221 g/mol. The van der Waals surface area contributed by atoms with Crippen molar-refractivity contribution in [2.24, 2.45) is 0 Å². The van der Waals surface area contributed by atoms with Crippen LogP contribution in [0, 0.1) is 0 Å². The lowest BCUT2D eigenvalue weighted by atomic mass is 15.8. The van der Waals surface area contributed by atoms with Crippen LogP contribution in [-0.2, 0) is 13.7 Å². The highest BCUT2D eigenvalue weighted by atomic mass is 31.1. The summed E-state index contributed by atoms with van der Waals surface area (Å²) in [7, 11) is -6.57. The molecule has 0 aromatic rings. The molecule has 0 spiro atoms. The molecule has 0 amide bonds. The van der Waals surface area contributed by atoms with Crippen LogP contribution in [0.5, 0.6) is 0 Å². The first-order valence-corrected chi connectivity index (χ1v) is 4.64. The highest BCUT2D eigenvalue weighted by molar-refractivity contribution is 7.31. The molecule has 11 heavy (non-hydrogen) atoms. The van der Waals surface area contributed by atoms with E-state index in [-0.39, 0.29) is 0 Å². The van der Waals surface area contributed by atoms with E-state index in [0.717, 1.165) is 0 Å². The van der Waals surface area contributed by atoms with Gasteiger partial charge in [0.25, 0.3) is 0 Å². The van der Waals surface area contributed by atoms with Gasteiger partial charge in [-0.15, -0.1) is 19.6 Å². The van der Waals surface area contributed by atoms with E-state index >= 15 is 0 Å². The van der Waals surface area contributed by atoms with Crippen LogP contribution in [0.3, 0.4) is 0 Å². The molecule has 0 aliphatic heterocycles. The summed E-state index contributed by atoms with van der Waals surface area (Å²) in [6.07, 6.45) is 0. The molecule has 0 aromatic heterocycles. The normalized spacial score (nSPS) is 6.64. The molecule has 0 rings (SSSR count). The summed E-state index contributed by atoms with van der Waals surface area (Å²) in [5, 5.41) is 0. The monoisotopic (exact) mass is 226 g/mol. The van der Waals surface area contributed by atoms with Crippen LogP contribution < -0.4 is 0 Å². The van der Waals surface area contributed by atoms with Crippen LogP contribution in [0.4, 0.5) is 0 Å². The maximum Gasteiger partial charge on any atom is 0.692 e. The maximum absolute atomic E-state index is 8.70. The van der Waals surface area contributed by atoms with Crippen molar-refractivity contribution in [3.8, 4) is 0 Å². The Balaban J connectivity index is -0.0000000886. The third-order valence-electron chi connectivity index (χ3n) is 0. The average molecular weight is 226 g/mol. The summed E-state index contributed by atoms with van der Waals surface area (Å²) in [5.41, 5.74) is 0. The standard InChI is InChI=1S/2HO3P.HO2P/c2*1-4(2)3;1-3-2/h2*(H-,1,2,3);(H,1,2)/p+2. The minimum atomic E-state index is -2.87. The van der Waals surface area contributed by atoms with E-state index < -0.39 is 25.2 Å². The average Bonchev–Trinajstić information content (AvgIpc) is 1.60. The Kier molecular flexibility index (Phi) is 26.0. The molecule has 0 atom stereocenters. The molecule has 0 bridgehead atoms. The summed E-state index contributed by atoms with van der Waals surface area (Å²) >= 11 is 0. The van der Waals surface area contributed by atoms with Gasteiger partial charge in [-0.3, -0.25) is 0 Å². The molecule has 0 saturated carbocycles. The SMILES string of the molecule is O=PO.O=[P+](O)O.O=[P+](O)O. The van der Waals surface area contributed by atoms with Crippen LogP contribution in [0.15, 0.2) is 0 Å². The molecule has 66 valence electrons. The molecule has 0 heterocycles. The first-order valence-electron chi connectivity index (χ1n) is 1.55. The highest BCUT2D eigenvalue weighted by Crippen LogP contribution is 1.98. The van der Waals surface area contributed by atoms with Gasteiger partial charge in [0.1, 0.15) is 0 Å². The molecule has 0 aliphatic carbocycles. The lowest BCUT2D eigenvalue weighted by Gasteiger charge is -1.34. The predicted molar refractivity (Wildman–Crippen MR) is 33.9 cm³/mol. The zero-order valence-corrected chi connectivity index (χ0v) is 7.49. The summed E-state index contributed by atoms with van der Waals surface area (Å²) < 4.78 is 25.9. The van der Waals surface area contributed by atoms with Crippen LogP contribution in [0.1, 0.15) is 0 Å². The van der Waals surface area contributed by atoms with Gasteiger partial charge in [0.15, 0.2) is 0 Å². The minimum absolute atomic E-state index is 0.833. The number of hydrogen-bond acceptors (Lipinski definition) is 3. The van der Waals surface area contributed by atoms with E-state index in [1.807, 2.05) is 0 Å². The highest BCUT2D eigenvalue weighted by Gasteiger charge is 1.93. The predicted octanol–water partition coefficient (Wildman–Crippen LogP) is -0.558. The van der Waals surface area contributed by atoms with Gasteiger partial charge >= 0.3 is 25.2 Å². The van der Waals surface area contributed by atoms with Gasteiger partial charge in [-0.05, 0) is 0 Å². The molecule has 0 aromatic carbocycles. The van der Waals surface area contributed by atoms with Gasteiger partial charge in [0.2, 0.25) is 0 Å². The lowest BCUT2D eigenvalue weighted by Crippen LogP contribution is -1.38. The maximum atomic E-state index is 8.70. The Hall–Kier alpha value is 0.1000.